The maximum Gasteiger partial charge on any atom is 0.407 e. The zero-order chi connectivity index (χ0) is 16.6. The number of sulfone groups is 1. The van der Waals surface area contributed by atoms with Gasteiger partial charge in [0.1, 0.15) is 0 Å². The normalized spacial score (nSPS) is 20.7. The molecule has 1 rings (SSSR count). The van der Waals surface area contributed by atoms with Crippen molar-refractivity contribution in [1.82, 2.24) is 15.4 Å². The fourth-order valence-electron chi connectivity index (χ4n) is 1.97. The molecular weight excluding hydrogens is 334 g/mol. The SMILES string of the molecule is CCOC(=O)NCCNCCNS(=O)(=O)[C@@H]1CCS(=O)(=O)C1. The molecule has 1 amide bonds. The van der Waals surface area contributed by atoms with E-state index in [-0.39, 0.29) is 24.5 Å². The van der Waals surface area contributed by atoms with Gasteiger partial charge in [0.15, 0.2) is 9.84 Å². The highest BCUT2D eigenvalue weighted by Crippen LogP contribution is 2.17. The number of nitrogens with one attached hydrogen (secondary N) is 3. The molecule has 0 aromatic carbocycles. The van der Waals surface area contributed by atoms with Crippen LogP contribution in [0.4, 0.5) is 4.79 Å². The number of rotatable bonds is 9. The molecule has 0 aliphatic carbocycles. The number of ether oxygens (including phenoxy) is 1. The Kier molecular flexibility index (Phi) is 7.53. The van der Waals surface area contributed by atoms with Crippen LogP contribution in [0.3, 0.4) is 0 Å². The van der Waals surface area contributed by atoms with Gasteiger partial charge in [-0.1, -0.05) is 0 Å². The van der Waals surface area contributed by atoms with Crippen molar-refractivity contribution in [3.8, 4) is 0 Å². The van der Waals surface area contributed by atoms with Gasteiger partial charge in [0.05, 0.1) is 23.4 Å². The van der Waals surface area contributed by atoms with E-state index >= 15 is 0 Å². The molecule has 3 N–H and O–H groups in total. The predicted molar refractivity (Wildman–Crippen MR) is 81.9 cm³/mol. The van der Waals surface area contributed by atoms with Crippen molar-refractivity contribution in [1.29, 1.82) is 0 Å². The first-order chi connectivity index (χ1) is 10.3. The smallest absolute Gasteiger partial charge is 0.407 e. The van der Waals surface area contributed by atoms with Gasteiger partial charge >= 0.3 is 6.09 Å². The summed E-state index contributed by atoms with van der Waals surface area (Å²) < 4.78 is 53.4. The number of hydrogen-bond acceptors (Lipinski definition) is 7. The van der Waals surface area contributed by atoms with Crippen LogP contribution in [-0.4, -0.2) is 72.5 Å². The predicted octanol–water partition coefficient (Wildman–Crippen LogP) is -1.57. The van der Waals surface area contributed by atoms with Gasteiger partial charge in [-0.2, -0.15) is 0 Å². The van der Waals surface area contributed by atoms with Crippen molar-refractivity contribution in [3.05, 3.63) is 0 Å². The van der Waals surface area contributed by atoms with Gasteiger partial charge in [0.2, 0.25) is 10.0 Å². The summed E-state index contributed by atoms with van der Waals surface area (Å²) in [4.78, 5) is 11.0. The molecule has 1 fully saturated rings. The third-order valence-corrected chi connectivity index (χ3v) is 6.95. The van der Waals surface area contributed by atoms with Gasteiger partial charge in [0.25, 0.3) is 0 Å². The molecule has 11 heteroatoms. The van der Waals surface area contributed by atoms with E-state index in [1.165, 1.54) is 0 Å². The molecule has 0 spiro atoms. The molecule has 0 bridgehead atoms. The lowest BCUT2D eigenvalue weighted by Crippen LogP contribution is -2.40. The Labute approximate surface area is 131 Å². The van der Waals surface area contributed by atoms with E-state index in [1.807, 2.05) is 0 Å². The average molecular weight is 357 g/mol. The van der Waals surface area contributed by atoms with E-state index in [9.17, 15) is 21.6 Å². The fraction of sp³-hybridized carbons (Fsp3) is 0.909. The molecule has 9 nitrogen and oxygen atoms in total. The van der Waals surface area contributed by atoms with Gasteiger partial charge in [-0.15, -0.1) is 0 Å². The Morgan fingerprint density at radius 1 is 1.23 bits per heavy atom. The Morgan fingerprint density at radius 2 is 1.91 bits per heavy atom. The standard InChI is InChI=1S/C11H23N3O6S2/c1-2-20-11(15)13-6-4-12-5-7-14-22(18,19)10-3-8-21(16,17)9-10/h10,12,14H,2-9H2,1H3,(H,13,15)/t10-/m1/s1. The second-order valence-corrected chi connectivity index (χ2v) is 9.14. The second-order valence-electron chi connectivity index (χ2n) is 4.86. The van der Waals surface area contributed by atoms with E-state index in [4.69, 9.17) is 0 Å². The maximum atomic E-state index is 11.9. The van der Waals surface area contributed by atoms with Crippen LogP contribution < -0.4 is 15.4 Å². The fourth-order valence-corrected chi connectivity index (χ4v) is 6.05. The Hall–Kier alpha value is -0.910. The van der Waals surface area contributed by atoms with Crippen LogP contribution in [0.1, 0.15) is 13.3 Å². The summed E-state index contributed by atoms with van der Waals surface area (Å²) >= 11 is 0. The molecule has 1 atom stereocenters. The van der Waals surface area contributed by atoms with E-state index in [0.29, 0.717) is 26.2 Å². The molecule has 0 radical (unpaired) electrons. The number of amides is 1. The molecule has 0 aromatic heterocycles. The van der Waals surface area contributed by atoms with Crippen LogP contribution in [0.2, 0.25) is 0 Å². The van der Waals surface area contributed by atoms with Crippen molar-refractivity contribution >= 4 is 26.0 Å². The van der Waals surface area contributed by atoms with Gasteiger partial charge in [-0.3, -0.25) is 0 Å². The summed E-state index contributed by atoms with van der Waals surface area (Å²) in [6.07, 6.45) is -0.346. The van der Waals surface area contributed by atoms with Crippen LogP contribution in [0, 0.1) is 0 Å². The zero-order valence-corrected chi connectivity index (χ0v) is 14.1. The Morgan fingerprint density at radius 3 is 2.50 bits per heavy atom. The maximum absolute atomic E-state index is 11.9. The summed E-state index contributed by atoms with van der Waals surface area (Å²) in [6, 6.07) is 0. The number of carbonyl (C=O) groups excluding carboxylic acids is 1. The van der Waals surface area contributed by atoms with E-state index < -0.39 is 31.2 Å². The molecule has 1 aliphatic heterocycles. The molecule has 22 heavy (non-hydrogen) atoms. The van der Waals surface area contributed by atoms with Crippen molar-refractivity contribution < 1.29 is 26.4 Å². The first-order valence-corrected chi connectivity index (χ1v) is 10.4. The first-order valence-electron chi connectivity index (χ1n) is 7.07. The molecule has 130 valence electrons. The molecule has 0 saturated carbocycles. The lowest BCUT2D eigenvalue weighted by molar-refractivity contribution is 0.152. The van der Waals surface area contributed by atoms with Gasteiger partial charge in [0, 0.05) is 26.2 Å². The minimum Gasteiger partial charge on any atom is -0.450 e. The van der Waals surface area contributed by atoms with Crippen molar-refractivity contribution in [2.24, 2.45) is 0 Å². The lowest BCUT2D eigenvalue weighted by atomic mass is 10.4. The minimum atomic E-state index is -3.60. The molecule has 0 unspecified atom stereocenters. The topological polar surface area (TPSA) is 131 Å². The van der Waals surface area contributed by atoms with Gasteiger partial charge < -0.3 is 15.4 Å². The summed E-state index contributed by atoms with van der Waals surface area (Å²) in [5.74, 6) is -0.379. The zero-order valence-electron chi connectivity index (χ0n) is 12.5. The van der Waals surface area contributed by atoms with Crippen LogP contribution in [-0.2, 0) is 24.6 Å². The minimum absolute atomic E-state index is 0.0731. The third kappa shape index (κ3) is 6.90. The summed E-state index contributed by atoms with van der Waals surface area (Å²) in [6.45, 7) is 3.39. The molecule has 0 aromatic rings. The van der Waals surface area contributed by atoms with Gasteiger partial charge in [-0.05, 0) is 13.3 Å². The number of hydrogen-bond donors (Lipinski definition) is 3. The van der Waals surface area contributed by atoms with Crippen LogP contribution in [0.5, 0.6) is 0 Å². The Bertz CT molecular complexity index is 560. The third-order valence-electron chi connectivity index (χ3n) is 3.08. The van der Waals surface area contributed by atoms with Crippen LogP contribution >= 0.6 is 0 Å². The number of alkyl carbamates (subject to hydrolysis) is 1. The molecule has 1 heterocycles. The average Bonchev–Trinajstić information content (AvgIpc) is 2.79. The largest absolute Gasteiger partial charge is 0.450 e. The van der Waals surface area contributed by atoms with Crippen molar-refractivity contribution in [3.63, 3.8) is 0 Å². The van der Waals surface area contributed by atoms with E-state index in [0.717, 1.165) is 0 Å². The lowest BCUT2D eigenvalue weighted by Gasteiger charge is -2.12. The summed E-state index contributed by atoms with van der Waals surface area (Å²) in [5, 5.41) is 4.60. The van der Waals surface area contributed by atoms with E-state index in [2.05, 4.69) is 20.1 Å². The second kappa shape index (κ2) is 8.65. The molecule has 1 saturated heterocycles. The first kappa shape index (κ1) is 19.1. The monoisotopic (exact) mass is 357 g/mol. The van der Waals surface area contributed by atoms with Crippen molar-refractivity contribution in [2.75, 3.05) is 44.3 Å². The van der Waals surface area contributed by atoms with E-state index in [1.54, 1.807) is 6.92 Å². The highest BCUT2D eigenvalue weighted by atomic mass is 32.2. The van der Waals surface area contributed by atoms with Gasteiger partial charge in [-0.25, -0.2) is 26.4 Å². The number of sulfonamides is 1. The summed E-state index contributed by atoms with van der Waals surface area (Å²) in [7, 11) is -6.82. The quantitative estimate of drug-likeness (QED) is 0.425. The van der Waals surface area contributed by atoms with Crippen LogP contribution in [0.15, 0.2) is 0 Å². The molecule has 1 aliphatic rings. The molecular formula is C11H23N3O6S2. The highest BCUT2D eigenvalue weighted by Gasteiger charge is 2.36. The highest BCUT2D eigenvalue weighted by molar-refractivity contribution is 7.95. The van der Waals surface area contributed by atoms with Crippen LogP contribution in [0.25, 0.3) is 0 Å². The Balaban J connectivity index is 2.13. The number of carbonyl (C=O) groups is 1. The van der Waals surface area contributed by atoms with Crippen molar-refractivity contribution in [2.45, 2.75) is 18.6 Å². The summed E-state index contributed by atoms with van der Waals surface area (Å²) in [5.41, 5.74) is 0.